The van der Waals surface area contributed by atoms with Crippen molar-refractivity contribution >= 4 is 23.4 Å². The molecule has 1 aromatic carbocycles. The van der Waals surface area contributed by atoms with Crippen molar-refractivity contribution in [3.63, 3.8) is 0 Å². The zero-order chi connectivity index (χ0) is 15.0. The number of benzene rings is 1. The molecule has 2 aliphatic rings. The zero-order valence-electron chi connectivity index (χ0n) is 11.7. The van der Waals surface area contributed by atoms with Gasteiger partial charge in [0.25, 0.3) is 0 Å². The highest BCUT2D eigenvalue weighted by molar-refractivity contribution is 6.30. The number of aliphatic hydroxyl groups is 1. The second-order valence-electron chi connectivity index (χ2n) is 5.85. The highest BCUT2D eigenvalue weighted by Gasteiger charge is 2.48. The maximum Gasteiger partial charge on any atom is 0.233 e. The first kappa shape index (κ1) is 14.5. The lowest BCUT2D eigenvalue weighted by atomic mass is 9.81. The smallest absolute Gasteiger partial charge is 0.233 e. The summed E-state index contributed by atoms with van der Waals surface area (Å²) in [4.78, 5) is 25.9. The molecule has 1 aliphatic heterocycles. The van der Waals surface area contributed by atoms with Gasteiger partial charge in [-0.3, -0.25) is 14.5 Å². The van der Waals surface area contributed by atoms with Crippen LogP contribution in [0.5, 0.6) is 0 Å². The van der Waals surface area contributed by atoms with E-state index >= 15 is 0 Å². The van der Waals surface area contributed by atoms with Crippen LogP contribution >= 0.6 is 11.6 Å². The van der Waals surface area contributed by atoms with E-state index in [1.165, 1.54) is 4.90 Å². The van der Waals surface area contributed by atoms with Gasteiger partial charge in [-0.15, -0.1) is 0 Å². The number of imide groups is 1. The molecule has 1 heterocycles. The number of nitrogens with zero attached hydrogens (tertiary/aromatic N) is 1. The molecule has 2 amide bonds. The number of likely N-dealkylation sites (tertiary alicyclic amines) is 1. The quantitative estimate of drug-likeness (QED) is 0.873. The first-order valence-electron chi connectivity index (χ1n) is 7.36. The van der Waals surface area contributed by atoms with Crippen molar-refractivity contribution in [2.24, 2.45) is 11.8 Å². The van der Waals surface area contributed by atoms with E-state index in [-0.39, 0.29) is 30.2 Å². The summed E-state index contributed by atoms with van der Waals surface area (Å²) in [5.41, 5.74) is 0.662. The number of halogens is 1. The standard InChI is InChI=1S/C16H18ClNO3/c17-11-7-5-10(6-8-11)14(19)9-18-15(20)12-3-1-2-4-13(12)16(18)21/h5-8,12-14,19H,1-4,9H2/t12-,13+,14-/m1/s1. The molecule has 1 saturated carbocycles. The van der Waals surface area contributed by atoms with E-state index in [9.17, 15) is 14.7 Å². The monoisotopic (exact) mass is 307 g/mol. The number of hydrogen-bond acceptors (Lipinski definition) is 3. The Morgan fingerprint density at radius 3 is 2.14 bits per heavy atom. The van der Waals surface area contributed by atoms with E-state index < -0.39 is 6.10 Å². The van der Waals surface area contributed by atoms with Gasteiger partial charge in [-0.2, -0.15) is 0 Å². The van der Waals surface area contributed by atoms with Crippen LogP contribution in [0.15, 0.2) is 24.3 Å². The van der Waals surface area contributed by atoms with Crippen LogP contribution in [-0.2, 0) is 9.59 Å². The third kappa shape index (κ3) is 2.70. The largest absolute Gasteiger partial charge is 0.387 e. The average molecular weight is 308 g/mol. The fourth-order valence-electron chi connectivity index (χ4n) is 3.37. The number of amides is 2. The van der Waals surface area contributed by atoms with Crippen LogP contribution in [0.4, 0.5) is 0 Å². The minimum atomic E-state index is -0.865. The second-order valence-corrected chi connectivity index (χ2v) is 6.29. The molecule has 3 rings (SSSR count). The Morgan fingerprint density at radius 1 is 1.10 bits per heavy atom. The van der Waals surface area contributed by atoms with E-state index in [0.717, 1.165) is 25.7 Å². The van der Waals surface area contributed by atoms with Crippen LogP contribution in [0, 0.1) is 11.8 Å². The molecule has 1 saturated heterocycles. The fourth-order valence-corrected chi connectivity index (χ4v) is 3.50. The van der Waals surface area contributed by atoms with Crippen molar-refractivity contribution in [2.75, 3.05) is 6.54 Å². The third-order valence-electron chi connectivity index (χ3n) is 4.54. The van der Waals surface area contributed by atoms with Gasteiger partial charge in [0.05, 0.1) is 24.5 Å². The summed E-state index contributed by atoms with van der Waals surface area (Å²) >= 11 is 5.82. The molecule has 3 atom stereocenters. The summed E-state index contributed by atoms with van der Waals surface area (Å²) in [6.07, 6.45) is 2.74. The lowest BCUT2D eigenvalue weighted by molar-refractivity contribution is -0.141. The number of hydrogen-bond donors (Lipinski definition) is 1. The van der Waals surface area contributed by atoms with Gasteiger partial charge in [-0.05, 0) is 30.5 Å². The van der Waals surface area contributed by atoms with Crippen molar-refractivity contribution < 1.29 is 14.7 Å². The van der Waals surface area contributed by atoms with Crippen LogP contribution in [0.1, 0.15) is 37.4 Å². The Bertz CT molecular complexity index is 533. The van der Waals surface area contributed by atoms with Gasteiger partial charge < -0.3 is 5.11 Å². The SMILES string of the molecule is O=C1[C@H]2CCCC[C@H]2C(=O)N1C[C@@H](O)c1ccc(Cl)cc1. The van der Waals surface area contributed by atoms with Crippen LogP contribution in [0.25, 0.3) is 0 Å². The topological polar surface area (TPSA) is 57.6 Å². The first-order valence-corrected chi connectivity index (χ1v) is 7.74. The van der Waals surface area contributed by atoms with Crippen molar-refractivity contribution in [2.45, 2.75) is 31.8 Å². The summed E-state index contributed by atoms with van der Waals surface area (Å²) in [5.74, 6) is -0.553. The molecule has 1 aliphatic carbocycles. The van der Waals surface area contributed by atoms with Crippen molar-refractivity contribution in [1.29, 1.82) is 0 Å². The molecular formula is C16H18ClNO3. The van der Waals surface area contributed by atoms with Crippen LogP contribution < -0.4 is 0 Å². The molecule has 0 radical (unpaired) electrons. The van der Waals surface area contributed by atoms with Crippen molar-refractivity contribution in [3.05, 3.63) is 34.9 Å². The summed E-state index contributed by atoms with van der Waals surface area (Å²) in [6, 6.07) is 6.80. The van der Waals surface area contributed by atoms with E-state index in [1.54, 1.807) is 24.3 Å². The summed E-state index contributed by atoms with van der Waals surface area (Å²) in [7, 11) is 0. The Labute approximate surface area is 128 Å². The average Bonchev–Trinajstić information content (AvgIpc) is 2.73. The summed E-state index contributed by atoms with van der Waals surface area (Å²) < 4.78 is 0. The number of fused-ring (bicyclic) bond motifs is 1. The Hall–Kier alpha value is -1.39. The zero-order valence-corrected chi connectivity index (χ0v) is 12.4. The Kier molecular flexibility index (Phi) is 4.00. The minimum Gasteiger partial charge on any atom is -0.387 e. The number of rotatable bonds is 3. The van der Waals surface area contributed by atoms with E-state index in [1.807, 2.05) is 0 Å². The van der Waals surface area contributed by atoms with E-state index in [0.29, 0.717) is 10.6 Å². The lowest BCUT2D eigenvalue weighted by Gasteiger charge is -2.19. The van der Waals surface area contributed by atoms with E-state index in [2.05, 4.69) is 0 Å². The van der Waals surface area contributed by atoms with Gasteiger partial charge in [-0.25, -0.2) is 0 Å². The van der Waals surface area contributed by atoms with Crippen LogP contribution in [-0.4, -0.2) is 28.4 Å². The Morgan fingerprint density at radius 2 is 1.62 bits per heavy atom. The maximum atomic E-state index is 12.3. The molecule has 4 nitrogen and oxygen atoms in total. The van der Waals surface area contributed by atoms with Crippen molar-refractivity contribution in [3.8, 4) is 0 Å². The molecule has 5 heteroatoms. The number of carbonyl (C=O) groups excluding carboxylic acids is 2. The molecular weight excluding hydrogens is 290 g/mol. The van der Waals surface area contributed by atoms with Crippen LogP contribution in [0.2, 0.25) is 5.02 Å². The normalized spacial score (nSPS) is 26.9. The molecule has 112 valence electrons. The molecule has 0 spiro atoms. The van der Waals surface area contributed by atoms with Crippen LogP contribution in [0.3, 0.4) is 0 Å². The Balaban J connectivity index is 1.73. The predicted octanol–water partition coefficient (Wildman–Crippen LogP) is 2.55. The highest BCUT2D eigenvalue weighted by atomic mass is 35.5. The third-order valence-corrected chi connectivity index (χ3v) is 4.79. The molecule has 21 heavy (non-hydrogen) atoms. The number of β-amino-alcohol motifs (C(OH)–C–C–N with tert-alkyl or cyclic N) is 1. The fraction of sp³-hybridized carbons (Fsp3) is 0.500. The summed E-state index contributed by atoms with van der Waals surface area (Å²) in [6.45, 7) is 0.0340. The van der Waals surface area contributed by atoms with Gasteiger partial charge in [-0.1, -0.05) is 36.6 Å². The predicted molar refractivity (Wildman–Crippen MR) is 78.6 cm³/mol. The first-order chi connectivity index (χ1) is 10.1. The lowest BCUT2D eigenvalue weighted by Crippen LogP contribution is -2.35. The number of carbonyl (C=O) groups is 2. The highest BCUT2D eigenvalue weighted by Crippen LogP contribution is 2.38. The van der Waals surface area contributed by atoms with Gasteiger partial charge in [0.1, 0.15) is 0 Å². The van der Waals surface area contributed by atoms with Crippen molar-refractivity contribution in [1.82, 2.24) is 4.90 Å². The van der Waals surface area contributed by atoms with Gasteiger partial charge in [0, 0.05) is 5.02 Å². The molecule has 0 unspecified atom stereocenters. The van der Waals surface area contributed by atoms with Gasteiger partial charge >= 0.3 is 0 Å². The summed E-state index contributed by atoms with van der Waals surface area (Å²) in [5, 5.41) is 10.8. The number of aliphatic hydroxyl groups excluding tert-OH is 1. The van der Waals surface area contributed by atoms with E-state index in [4.69, 9.17) is 11.6 Å². The van der Waals surface area contributed by atoms with Gasteiger partial charge in [0.2, 0.25) is 11.8 Å². The molecule has 2 fully saturated rings. The minimum absolute atomic E-state index is 0.0340. The molecule has 1 N–H and O–H groups in total. The molecule has 0 aromatic heterocycles. The molecule has 1 aromatic rings. The second kappa shape index (κ2) is 5.78. The maximum absolute atomic E-state index is 12.3. The molecule has 0 bridgehead atoms. The van der Waals surface area contributed by atoms with Gasteiger partial charge in [0.15, 0.2) is 0 Å².